The molecule has 2 aromatic heterocycles. The molecule has 1 aliphatic heterocycles. The summed E-state index contributed by atoms with van der Waals surface area (Å²) in [5.74, 6) is -0.418. The maximum absolute atomic E-state index is 14.4. The number of benzene rings is 2. The van der Waals surface area contributed by atoms with Gasteiger partial charge in [-0.25, -0.2) is 14.3 Å². The van der Waals surface area contributed by atoms with Gasteiger partial charge in [-0.2, -0.15) is 15.1 Å². The van der Waals surface area contributed by atoms with Crippen LogP contribution in [0.25, 0.3) is 11.2 Å². The van der Waals surface area contributed by atoms with E-state index < -0.39 is 44.8 Å². The number of nitrogen functional groups attached to an aromatic ring is 1. The van der Waals surface area contributed by atoms with Crippen LogP contribution in [0.1, 0.15) is 25.1 Å². The lowest BCUT2D eigenvalue weighted by Crippen LogP contribution is -2.40. The number of aromatic nitrogens is 4. The molecular formula is C28H30ClN6O7P. The van der Waals surface area contributed by atoms with Crippen molar-refractivity contribution in [2.24, 2.45) is 0 Å². The molecule has 4 N–H and O–H groups in total. The first-order valence-electron chi connectivity index (χ1n) is 13.2. The topological polar surface area (TPSA) is 173 Å². The van der Waals surface area contributed by atoms with Crippen LogP contribution in [0.3, 0.4) is 0 Å². The van der Waals surface area contributed by atoms with Gasteiger partial charge in [0.2, 0.25) is 5.28 Å². The number of imidazole rings is 1. The van der Waals surface area contributed by atoms with Crippen molar-refractivity contribution in [3.8, 4) is 5.75 Å². The number of fused-ring (bicyclic) bond motifs is 1. The molecule has 2 unspecified atom stereocenters. The first kappa shape index (κ1) is 30.6. The first-order valence-corrected chi connectivity index (χ1v) is 15.2. The van der Waals surface area contributed by atoms with Crippen molar-refractivity contribution in [2.45, 2.75) is 44.4 Å². The van der Waals surface area contributed by atoms with Crippen molar-refractivity contribution in [3.05, 3.63) is 90.0 Å². The molecule has 0 amide bonds. The Morgan fingerprint density at radius 2 is 1.93 bits per heavy atom. The smallest absolute Gasteiger partial charge is 0.459 e. The molecule has 2 aromatic carbocycles. The van der Waals surface area contributed by atoms with Gasteiger partial charge in [-0.15, -0.1) is 0 Å². The molecule has 15 heteroatoms. The highest BCUT2D eigenvalue weighted by molar-refractivity contribution is 7.52. The van der Waals surface area contributed by atoms with Crippen molar-refractivity contribution in [1.82, 2.24) is 24.6 Å². The summed E-state index contributed by atoms with van der Waals surface area (Å²) >= 11 is 6.01. The van der Waals surface area contributed by atoms with Crippen molar-refractivity contribution >= 4 is 42.3 Å². The normalized spacial score (nSPS) is 20.4. The molecule has 43 heavy (non-hydrogen) atoms. The molecule has 0 radical (unpaired) electrons. The number of nitrogens with two attached hydrogens (primary N) is 1. The molecule has 3 heterocycles. The molecule has 0 aliphatic carbocycles. The molecule has 0 bridgehead atoms. The zero-order valence-electron chi connectivity index (χ0n) is 23.1. The minimum atomic E-state index is -4.36. The van der Waals surface area contributed by atoms with Crippen LogP contribution in [0.4, 0.5) is 5.82 Å². The number of aliphatic hydroxyl groups is 1. The van der Waals surface area contributed by atoms with Crippen LogP contribution >= 0.6 is 19.3 Å². The fourth-order valence-corrected chi connectivity index (χ4v) is 6.43. The van der Waals surface area contributed by atoms with E-state index in [-0.39, 0.29) is 29.9 Å². The van der Waals surface area contributed by atoms with Crippen LogP contribution in [0.15, 0.2) is 79.1 Å². The zero-order valence-corrected chi connectivity index (χ0v) is 24.7. The summed E-state index contributed by atoms with van der Waals surface area (Å²) in [7, 11) is -4.36. The Morgan fingerprint density at radius 3 is 2.60 bits per heavy atom. The summed E-state index contributed by atoms with van der Waals surface area (Å²) in [6, 6.07) is 16.2. The van der Waals surface area contributed by atoms with Gasteiger partial charge in [0.25, 0.3) is 0 Å². The largest absolute Gasteiger partial charge is 0.460 e. The SMILES string of the molecule is C=C(C)[C@H](NP(=O)(Oc1ccccc1)OC1C[C@H](n2cnc3c(N)nc(Cl)nc32)O[C@@H]1CO)C(=O)OCc1ccccc1. The fourth-order valence-electron chi connectivity index (χ4n) is 4.48. The number of carbonyl (C=O) groups is 1. The molecule has 5 atom stereocenters. The number of ether oxygens (including phenoxy) is 2. The van der Waals surface area contributed by atoms with Gasteiger partial charge in [-0.3, -0.25) is 9.09 Å². The zero-order chi connectivity index (χ0) is 30.6. The minimum Gasteiger partial charge on any atom is -0.459 e. The monoisotopic (exact) mass is 628 g/mol. The molecule has 1 aliphatic rings. The van der Waals surface area contributed by atoms with Gasteiger partial charge >= 0.3 is 13.7 Å². The van der Waals surface area contributed by atoms with E-state index in [0.717, 1.165) is 5.56 Å². The molecule has 4 aromatic rings. The predicted molar refractivity (Wildman–Crippen MR) is 158 cm³/mol. The Morgan fingerprint density at radius 1 is 1.23 bits per heavy atom. The highest BCUT2D eigenvalue weighted by Crippen LogP contribution is 2.50. The number of hydrogen-bond donors (Lipinski definition) is 3. The lowest BCUT2D eigenvalue weighted by atomic mass is 10.2. The Kier molecular flexibility index (Phi) is 9.40. The quantitative estimate of drug-likeness (QED) is 0.0885. The second kappa shape index (κ2) is 13.2. The van der Waals surface area contributed by atoms with E-state index in [1.807, 2.05) is 30.3 Å². The van der Waals surface area contributed by atoms with E-state index in [1.165, 1.54) is 6.33 Å². The Hall–Kier alpha value is -3.84. The fraction of sp³-hybridized carbons (Fsp3) is 0.286. The summed E-state index contributed by atoms with van der Waals surface area (Å²) in [4.78, 5) is 25.5. The van der Waals surface area contributed by atoms with Crippen LogP contribution < -0.4 is 15.3 Å². The lowest BCUT2D eigenvalue weighted by molar-refractivity contribution is -0.146. The number of esters is 1. The van der Waals surface area contributed by atoms with Gasteiger partial charge < -0.3 is 24.8 Å². The van der Waals surface area contributed by atoms with E-state index in [0.29, 0.717) is 16.7 Å². The number of rotatable bonds is 12. The van der Waals surface area contributed by atoms with Crippen LogP contribution in [0, 0.1) is 0 Å². The Bertz CT molecular complexity index is 1640. The Balaban J connectivity index is 1.39. The third-order valence-electron chi connectivity index (χ3n) is 6.57. The van der Waals surface area contributed by atoms with Crippen molar-refractivity contribution in [1.29, 1.82) is 0 Å². The van der Waals surface area contributed by atoms with Crippen LogP contribution in [-0.2, 0) is 30.0 Å². The number of anilines is 1. The summed E-state index contributed by atoms with van der Waals surface area (Å²) in [6.07, 6.45) is -1.10. The molecule has 1 fully saturated rings. The van der Waals surface area contributed by atoms with E-state index in [4.69, 9.17) is 35.9 Å². The third-order valence-corrected chi connectivity index (χ3v) is 8.32. The molecule has 1 saturated heterocycles. The highest BCUT2D eigenvalue weighted by atomic mass is 35.5. The average Bonchev–Trinajstić information content (AvgIpc) is 3.59. The van der Waals surface area contributed by atoms with E-state index >= 15 is 0 Å². The number of halogens is 1. The van der Waals surface area contributed by atoms with E-state index in [2.05, 4.69) is 26.6 Å². The molecule has 13 nitrogen and oxygen atoms in total. The molecule has 0 spiro atoms. The van der Waals surface area contributed by atoms with Crippen LogP contribution in [-0.4, -0.2) is 55.5 Å². The van der Waals surface area contributed by atoms with Gasteiger partial charge in [-0.05, 0) is 36.2 Å². The summed E-state index contributed by atoms with van der Waals surface area (Å²) < 4.78 is 39.4. The molecule has 0 saturated carbocycles. The number of para-hydroxylation sites is 1. The Labute approximate surface area is 252 Å². The van der Waals surface area contributed by atoms with Crippen molar-refractivity contribution in [2.75, 3.05) is 12.3 Å². The maximum atomic E-state index is 14.4. The molecule has 5 rings (SSSR count). The van der Waals surface area contributed by atoms with Gasteiger partial charge in [0, 0.05) is 6.42 Å². The number of nitrogens with zero attached hydrogens (tertiary/aromatic N) is 4. The maximum Gasteiger partial charge on any atom is 0.460 e. The second-order valence-electron chi connectivity index (χ2n) is 9.80. The van der Waals surface area contributed by atoms with Gasteiger partial charge in [-0.1, -0.05) is 60.7 Å². The number of aliphatic hydroxyl groups excluding tert-OH is 1. The van der Waals surface area contributed by atoms with Crippen molar-refractivity contribution < 1.29 is 33.0 Å². The van der Waals surface area contributed by atoms with Crippen LogP contribution in [0.5, 0.6) is 5.75 Å². The van der Waals surface area contributed by atoms with Gasteiger partial charge in [0.15, 0.2) is 11.5 Å². The first-order chi connectivity index (χ1) is 20.7. The molecule has 226 valence electrons. The summed E-state index contributed by atoms with van der Waals surface area (Å²) in [5, 5.41) is 12.8. The predicted octanol–water partition coefficient (Wildman–Crippen LogP) is 4.19. The van der Waals surface area contributed by atoms with Gasteiger partial charge in [0.05, 0.1) is 12.9 Å². The highest BCUT2D eigenvalue weighted by Gasteiger charge is 2.44. The minimum absolute atomic E-state index is 0.00247. The summed E-state index contributed by atoms with van der Waals surface area (Å²) in [6.45, 7) is 4.98. The number of carbonyl (C=O) groups excluding carboxylic acids is 1. The van der Waals surface area contributed by atoms with Crippen LogP contribution in [0.2, 0.25) is 5.28 Å². The number of nitrogens with one attached hydrogen (secondary N) is 1. The van der Waals surface area contributed by atoms with E-state index in [9.17, 15) is 14.5 Å². The standard InChI is InChI=1S/C28H30ClN6O7P/c1-17(2)23(27(37)39-15-18-9-5-3-6-10-18)34-43(38,41-19-11-7-4-8-12-19)42-20-13-22(40-21(20)14-36)35-16-31-24-25(30)32-28(29)33-26(24)35/h3-12,16,20-23,36H,1,13-15H2,2H3,(H,34,38)(H2,30,32,33)/t20?,21-,22-,23+,43?/m1/s1. The van der Waals surface area contributed by atoms with Gasteiger partial charge in [0.1, 0.15) is 42.4 Å². The number of hydrogen-bond acceptors (Lipinski definition) is 11. The van der Waals surface area contributed by atoms with E-state index in [1.54, 1.807) is 41.8 Å². The third kappa shape index (κ3) is 7.21. The lowest BCUT2D eigenvalue weighted by Gasteiger charge is -2.28. The average molecular weight is 629 g/mol. The summed E-state index contributed by atoms with van der Waals surface area (Å²) in [5.41, 5.74) is 7.65. The second-order valence-corrected chi connectivity index (χ2v) is 11.8. The molecular weight excluding hydrogens is 599 g/mol. The van der Waals surface area contributed by atoms with Crippen molar-refractivity contribution in [3.63, 3.8) is 0 Å².